The van der Waals surface area contributed by atoms with Crippen LogP contribution in [0.1, 0.15) is 11.3 Å². The fourth-order valence-electron chi connectivity index (χ4n) is 4.54. The van der Waals surface area contributed by atoms with Gasteiger partial charge in [0.25, 0.3) is 0 Å². The van der Waals surface area contributed by atoms with Gasteiger partial charge in [-0.2, -0.15) is 5.10 Å². The lowest BCUT2D eigenvalue weighted by Crippen LogP contribution is -2.51. The first-order valence-electron chi connectivity index (χ1n) is 12.1. The van der Waals surface area contributed by atoms with Gasteiger partial charge in [0.1, 0.15) is 18.0 Å². The molecule has 4 heterocycles. The first-order valence-corrected chi connectivity index (χ1v) is 12.1. The van der Waals surface area contributed by atoms with E-state index in [2.05, 4.69) is 29.9 Å². The van der Waals surface area contributed by atoms with Crippen LogP contribution in [0.25, 0.3) is 11.0 Å². The van der Waals surface area contributed by atoms with Crippen molar-refractivity contribution >= 4 is 22.8 Å². The monoisotopic (exact) mass is 488 g/mol. The van der Waals surface area contributed by atoms with Crippen LogP contribution in [-0.2, 0) is 24.8 Å². The van der Waals surface area contributed by atoms with Gasteiger partial charge < -0.3 is 9.80 Å². The van der Waals surface area contributed by atoms with Crippen molar-refractivity contribution in [2.45, 2.75) is 13.0 Å². The molecule has 1 aliphatic heterocycles. The van der Waals surface area contributed by atoms with Crippen molar-refractivity contribution in [3.63, 3.8) is 0 Å². The lowest BCUT2D eigenvalue weighted by molar-refractivity contribution is -0.132. The quantitative estimate of drug-likeness (QED) is 0.376. The maximum absolute atomic E-state index is 13.4. The molecule has 0 unspecified atom stereocenters. The zero-order chi connectivity index (χ0) is 24.9. The Morgan fingerprint density at radius 2 is 1.83 bits per heavy atom. The summed E-state index contributed by atoms with van der Waals surface area (Å²) in [6, 6.07) is 12.3. The average molecular weight is 489 g/mol. The van der Waals surface area contributed by atoms with Crippen LogP contribution in [0.15, 0.2) is 61.2 Å². The van der Waals surface area contributed by atoms with Crippen LogP contribution >= 0.6 is 0 Å². The van der Waals surface area contributed by atoms with Crippen LogP contribution in [0.4, 0.5) is 10.2 Å². The number of nitrogens with zero attached hydrogens (tertiary/aromatic N) is 8. The molecule has 3 aromatic heterocycles. The largest absolute Gasteiger partial charge is 0.352 e. The zero-order valence-electron chi connectivity index (χ0n) is 20.3. The number of hydrogen-bond acceptors (Lipinski definition) is 7. The molecule has 4 aromatic rings. The number of amides is 1. The van der Waals surface area contributed by atoms with E-state index >= 15 is 0 Å². The third-order valence-electron chi connectivity index (χ3n) is 6.53. The molecule has 36 heavy (non-hydrogen) atoms. The molecule has 1 fully saturated rings. The summed E-state index contributed by atoms with van der Waals surface area (Å²) >= 11 is 0. The number of rotatable bonds is 8. The third-order valence-corrected chi connectivity index (χ3v) is 6.53. The summed E-state index contributed by atoms with van der Waals surface area (Å²) in [5, 5.41) is 5.21. The number of fused-ring (bicyclic) bond motifs is 1. The SMILES string of the molecule is Cn1ncc2c(N3CCN(C(=O)CN(CCc4ccccn4)Cc4ccc(F)cc4)CC3)ncnc21. The first kappa shape index (κ1) is 23.8. The van der Waals surface area contributed by atoms with Gasteiger partial charge in [0.05, 0.1) is 18.1 Å². The zero-order valence-corrected chi connectivity index (χ0v) is 20.3. The van der Waals surface area contributed by atoms with Crippen molar-refractivity contribution in [2.24, 2.45) is 7.05 Å². The summed E-state index contributed by atoms with van der Waals surface area (Å²) in [6.07, 6.45) is 5.86. The van der Waals surface area contributed by atoms with Crippen LogP contribution in [0.5, 0.6) is 0 Å². The first-order chi connectivity index (χ1) is 17.6. The normalized spacial score (nSPS) is 14.1. The number of halogens is 1. The van der Waals surface area contributed by atoms with E-state index in [4.69, 9.17) is 0 Å². The molecule has 186 valence electrons. The fraction of sp³-hybridized carbons (Fsp3) is 0.346. The second-order valence-electron chi connectivity index (χ2n) is 8.98. The fourth-order valence-corrected chi connectivity index (χ4v) is 4.54. The summed E-state index contributed by atoms with van der Waals surface area (Å²) in [5.74, 6) is 0.681. The van der Waals surface area contributed by atoms with Gasteiger partial charge in [0, 0.05) is 64.6 Å². The average Bonchev–Trinajstić information content (AvgIpc) is 3.30. The van der Waals surface area contributed by atoms with Crippen molar-refractivity contribution < 1.29 is 9.18 Å². The Balaban J connectivity index is 1.22. The number of anilines is 1. The van der Waals surface area contributed by atoms with E-state index in [1.165, 1.54) is 12.1 Å². The molecule has 0 N–H and O–H groups in total. The Morgan fingerprint density at radius 3 is 2.58 bits per heavy atom. The van der Waals surface area contributed by atoms with Gasteiger partial charge in [0.15, 0.2) is 5.65 Å². The molecule has 0 atom stereocenters. The third kappa shape index (κ3) is 5.49. The van der Waals surface area contributed by atoms with E-state index in [1.54, 1.807) is 35.5 Å². The maximum atomic E-state index is 13.4. The van der Waals surface area contributed by atoms with Crippen LogP contribution < -0.4 is 4.90 Å². The summed E-state index contributed by atoms with van der Waals surface area (Å²) in [5.41, 5.74) is 2.75. The second kappa shape index (κ2) is 10.8. The molecular weight excluding hydrogens is 459 g/mol. The van der Waals surface area contributed by atoms with E-state index < -0.39 is 0 Å². The lowest BCUT2D eigenvalue weighted by Gasteiger charge is -2.36. The molecule has 10 heteroatoms. The highest BCUT2D eigenvalue weighted by molar-refractivity contribution is 5.87. The van der Waals surface area contributed by atoms with Crippen LogP contribution in [0.3, 0.4) is 0 Å². The number of pyridine rings is 1. The molecule has 0 aliphatic carbocycles. The van der Waals surface area contributed by atoms with Crippen LogP contribution in [-0.4, -0.2) is 79.7 Å². The highest BCUT2D eigenvalue weighted by Gasteiger charge is 2.25. The highest BCUT2D eigenvalue weighted by atomic mass is 19.1. The minimum absolute atomic E-state index is 0.0898. The predicted octanol–water partition coefficient (Wildman–Crippen LogP) is 2.29. The minimum Gasteiger partial charge on any atom is -0.352 e. The molecular formula is C26H29FN8O. The van der Waals surface area contributed by atoms with Crippen molar-refractivity contribution in [1.29, 1.82) is 0 Å². The summed E-state index contributed by atoms with van der Waals surface area (Å²) in [4.78, 5) is 32.7. The number of aryl methyl sites for hydroxylation is 1. The topological polar surface area (TPSA) is 83.3 Å². The van der Waals surface area contributed by atoms with E-state index in [0.717, 1.165) is 34.5 Å². The van der Waals surface area contributed by atoms with E-state index in [-0.39, 0.29) is 11.7 Å². The molecule has 1 aliphatic rings. The molecule has 9 nitrogen and oxygen atoms in total. The van der Waals surface area contributed by atoms with Crippen molar-refractivity contribution in [2.75, 3.05) is 44.2 Å². The summed E-state index contributed by atoms with van der Waals surface area (Å²) < 4.78 is 15.1. The van der Waals surface area contributed by atoms with Crippen molar-refractivity contribution in [1.82, 2.24) is 34.5 Å². The summed E-state index contributed by atoms with van der Waals surface area (Å²) in [6.45, 7) is 4.17. The summed E-state index contributed by atoms with van der Waals surface area (Å²) in [7, 11) is 1.86. The van der Waals surface area contributed by atoms with Crippen molar-refractivity contribution in [3.05, 3.63) is 78.3 Å². The minimum atomic E-state index is -0.264. The van der Waals surface area contributed by atoms with E-state index in [9.17, 15) is 9.18 Å². The Morgan fingerprint density at radius 1 is 1.03 bits per heavy atom. The maximum Gasteiger partial charge on any atom is 0.236 e. The van der Waals surface area contributed by atoms with E-state index in [0.29, 0.717) is 45.8 Å². The predicted molar refractivity (Wildman–Crippen MR) is 135 cm³/mol. The highest BCUT2D eigenvalue weighted by Crippen LogP contribution is 2.23. The Labute approximate surface area is 209 Å². The molecule has 1 amide bonds. The standard InChI is InChI=1S/C26H29FN8O/c1-32-25-23(16-31-32)26(30-19-29-25)35-14-12-34(13-15-35)24(36)18-33(11-9-22-4-2-3-10-28-22)17-20-5-7-21(27)8-6-20/h2-8,10,16,19H,9,11-15,17-18H2,1H3. The second-order valence-corrected chi connectivity index (χ2v) is 8.98. The number of hydrogen-bond donors (Lipinski definition) is 0. The number of aromatic nitrogens is 5. The van der Waals surface area contributed by atoms with Gasteiger partial charge in [-0.15, -0.1) is 0 Å². The number of carbonyl (C=O) groups excluding carboxylic acids is 1. The Hall–Kier alpha value is -3.92. The molecule has 1 saturated heterocycles. The Bertz CT molecular complexity index is 1300. The molecule has 0 radical (unpaired) electrons. The van der Waals surface area contributed by atoms with Gasteiger partial charge in [-0.25, -0.2) is 14.4 Å². The molecule has 0 bridgehead atoms. The number of carbonyl (C=O) groups is 1. The number of benzene rings is 1. The number of piperazine rings is 1. The Kier molecular flexibility index (Phi) is 7.13. The van der Waals surface area contributed by atoms with Gasteiger partial charge >= 0.3 is 0 Å². The molecule has 5 rings (SSSR count). The van der Waals surface area contributed by atoms with Crippen molar-refractivity contribution in [3.8, 4) is 0 Å². The van der Waals surface area contributed by atoms with E-state index in [1.807, 2.05) is 30.1 Å². The smallest absolute Gasteiger partial charge is 0.236 e. The van der Waals surface area contributed by atoms with Gasteiger partial charge in [0.2, 0.25) is 5.91 Å². The lowest BCUT2D eigenvalue weighted by atomic mass is 10.2. The van der Waals surface area contributed by atoms with Crippen LogP contribution in [0.2, 0.25) is 0 Å². The molecule has 0 spiro atoms. The molecule has 1 aromatic carbocycles. The van der Waals surface area contributed by atoms with Gasteiger partial charge in [-0.05, 0) is 29.8 Å². The van der Waals surface area contributed by atoms with Gasteiger partial charge in [-0.1, -0.05) is 18.2 Å². The van der Waals surface area contributed by atoms with Gasteiger partial charge in [-0.3, -0.25) is 19.4 Å². The van der Waals surface area contributed by atoms with Crippen LogP contribution in [0, 0.1) is 5.82 Å². The molecule has 0 saturated carbocycles.